The van der Waals surface area contributed by atoms with E-state index in [2.05, 4.69) is 14.7 Å². The zero-order valence-corrected chi connectivity index (χ0v) is 16.2. The van der Waals surface area contributed by atoms with E-state index in [1.54, 1.807) is 30.5 Å². The maximum Gasteiger partial charge on any atom is 0.264 e. The van der Waals surface area contributed by atoms with E-state index >= 15 is 0 Å². The Kier molecular flexibility index (Phi) is 4.85. The van der Waals surface area contributed by atoms with Crippen molar-refractivity contribution in [2.75, 3.05) is 4.72 Å². The molecular formula is C21H16FN3O3S. The molecule has 2 aromatic carbocycles. The molecule has 0 spiro atoms. The molecular weight excluding hydrogens is 393 g/mol. The molecule has 6 nitrogen and oxygen atoms in total. The highest BCUT2D eigenvalue weighted by atomic mass is 32.2. The van der Waals surface area contributed by atoms with Gasteiger partial charge in [0, 0.05) is 17.4 Å². The number of hydrogen-bond donors (Lipinski definition) is 1. The molecule has 0 unspecified atom stereocenters. The van der Waals surface area contributed by atoms with E-state index in [-0.39, 0.29) is 0 Å². The molecule has 0 aliphatic heterocycles. The largest absolute Gasteiger partial charge is 0.445 e. The third-order valence-corrected chi connectivity index (χ3v) is 5.80. The molecule has 2 aromatic heterocycles. The van der Waals surface area contributed by atoms with Gasteiger partial charge in [-0.3, -0.25) is 9.71 Å². The number of aryl methyl sites for hydroxylation is 1. The fourth-order valence-corrected chi connectivity index (χ4v) is 4.05. The molecule has 29 heavy (non-hydrogen) atoms. The SMILES string of the molecule is Cc1ccc(-c2ncco2)cc1-c1ccc(NS(=O)(=O)c2ccncc2F)cc1. The minimum absolute atomic E-state index is 0.325. The Hall–Kier alpha value is -3.52. The number of oxazole rings is 1. The van der Waals surface area contributed by atoms with E-state index in [1.165, 1.54) is 12.5 Å². The van der Waals surface area contributed by atoms with Gasteiger partial charge in [-0.2, -0.15) is 0 Å². The first-order chi connectivity index (χ1) is 13.9. The normalized spacial score (nSPS) is 11.4. The maximum atomic E-state index is 13.8. The molecule has 0 aliphatic carbocycles. The molecule has 4 rings (SSSR count). The maximum absolute atomic E-state index is 13.8. The van der Waals surface area contributed by atoms with Crippen molar-refractivity contribution in [2.24, 2.45) is 0 Å². The van der Waals surface area contributed by atoms with E-state index in [1.807, 2.05) is 25.1 Å². The first-order valence-electron chi connectivity index (χ1n) is 8.67. The Balaban J connectivity index is 1.62. The van der Waals surface area contributed by atoms with Crippen molar-refractivity contribution in [3.8, 4) is 22.6 Å². The Labute approximate surface area is 167 Å². The van der Waals surface area contributed by atoms with E-state index in [0.29, 0.717) is 11.6 Å². The average Bonchev–Trinajstić information content (AvgIpc) is 3.24. The molecule has 0 atom stereocenters. The predicted molar refractivity (Wildman–Crippen MR) is 107 cm³/mol. The van der Waals surface area contributed by atoms with Crippen molar-refractivity contribution in [3.05, 3.63) is 84.8 Å². The van der Waals surface area contributed by atoms with Gasteiger partial charge >= 0.3 is 0 Å². The summed E-state index contributed by atoms with van der Waals surface area (Å²) in [7, 11) is -4.05. The summed E-state index contributed by atoms with van der Waals surface area (Å²) < 4.78 is 46.3. The van der Waals surface area contributed by atoms with Crippen LogP contribution in [0.2, 0.25) is 0 Å². The number of hydrogen-bond acceptors (Lipinski definition) is 5. The molecule has 0 amide bonds. The Morgan fingerprint density at radius 1 is 1.00 bits per heavy atom. The highest BCUT2D eigenvalue weighted by molar-refractivity contribution is 7.92. The lowest BCUT2D eigenvalue weighted by Gasteiger charge is -2.11. The lowest BCUT2D eigenvalue weighted by atomic mass is 9.98. The van der Waals surface area contributed by atoms with Crippen molar-refractivity contribution in [2.45, 2.75) is 11.8 Å². The van der Waals surface area contributed by atoms with Crippen molar-refractivity contribution in [3.63, 3.8) is 0 Å². The smallest absolute Gasteiger partial charge is 0.264 e. The van der Waals surface area contributed by atoms with E-state index in [9.17, 15) is 12.8 Å². The number of nitrogens with one attached hydrogen (secondary N) is 1. The minimum Gasteiger partial charge on any atom is -0.445 e. The molecule has 0 saturated heterocycles. The van der Waals surface area contributed by atoms with Gasteiger partial charge in [0.15, 0.2) is 5.82 Å². The standard InChI is InChI=1S/C21H16FN3O3S/c1-14-2-3-16(21-24-10-11-28-21)12-18(14)15-4-6-17(7-5-15)25-29(26,27)20-8-9-23-13-19(20)22/h2-13,25H,1H3. The first kappa shape index (κ1) is 18.8. The lowest BCUT2D eigenvalue weighted by Crippen LogP contribution is -2.14. The van der Waals surface area contributed by atoms with Gasteiger partial charge in [-0.1, -0.05) is 18.2 Å². The van der Waals surface area contributed by atoms with Crippen LogP contribution in [0.25, 0.3) is 22.6 Å². The van der Waals surface area contributed by atoms with E-state index in [4.69, 9.17) is 4.42 Å². The highest BCUT2D eigenvalue weighted by Crippen LogP contribution is 2.30. The van der Waals surface area contributed by atoms with Gasteiger partial charge in [-0.05, 0) is 53.9 Å². The van der Waals surface area contributed by atoms with Gasteiger partial charge in [0.1, 0.15) is 11.2 Å². The summed E-state index contributed by atoms with van der Waals surface area (Å²) in [5.41, 5.74) is 4.08. The quantitative estimate of drug-likeness (QED) is 0.519. The second kappa shape index (κ2) is 7.48. The number of halogens is 1. The molecule has 2 heterocycles. The number of aromatic nitrogens is 2. The van der Waals surface area contributed by atoms with Gasteiger partial charge in [0.25, 0.3) is 10.0 Å². The molecule has 0 saturated carbocycles. The number of nitrogens with zero attached hydrogens (tertiary/aromatic N) is 2. The van der Waals surface area contributed by atoms with Crippen LogP contribution >= 0.6 is 0 Å². The minimum atomic E-state index is -4.05. The zero-order chi connectivity index (χ0) is 20.4. The monoisotopic (exact) mass is 409 g/mol. The molecule has 0 fully saturated rings. The Morgan fingerprint density at radius 3 is 2.45 bits per heavy atom. The van der Waals surface area contributed by atoms with Gasteiger partial charge in [-0.25, -0.2) is 17.8 Å². The molecule has 146 valence electrons. The summed E-state index contributed by atoms with van der Waals surface area (Å²) >= 11 is 0. The van der Waals surface area contributed by atoms with Gasteiger partial charge in [-0.15, -0.1) is 0 Å². The summed E-state index contributed by atoms with van der Waals surface area (Å²) in [5, 5.41) is 0. The summed E-state index contributed by atoms with van der Waals surface area (Å²) in [6.45, 7) is 1.98. The van der Waals surface area contributed by atoms with Crippen LogP contribution in [0.15, 0.2) is 82.7 Å². The van der Waals surface area contributed by atoms with Gasteiger partial charge < -0.3 is 4.42 Å². The average molecular weight is 409 g/mol. The molecule has 0 radical (unpaired) electrons. The fraction of sp³-hybridized carbons (Fsp3) is 0.0476. The van der Waals surface area contributed by atoms with Crippen LogP contribution in [-0.4, -0.2) is 18.4 Å². The van der Waals surface area contributed by atoms with Crippen LogP contribution in [0.5, 0.6) is 0 Å². The van der Waals surface area contributed by atoms with Crippen LogP contribution in [0.4, 0.5) is 10.1 Å². The van der Waals surface area contributed by atoms with Crippen LogP contribution in [0.3, 0.4) is 0 Å². The predicted octanol–water partition coefficient (Wildman–Crippen LogP) is 4.65. The van der Waals surface area contributed by atoms with Crippen molar-refractivity contribution < 1.29 is 17.2 Å². The summed E-state index contributed by atoms with van der Waals surface area (Å²) in [5.74, 6) is -0.384. The first-order valence-corrected chi connectivity index (χ1v) is 10.2. The number of benzene rings is 2. The topological polar surface area (TPSA) is 85.1 Å². The summed E-state index contributed by atoms with van der Waals surface area (Å²) in [6.07, 6.45) is 5.19. The van der Waals surface area contributed by atoms with Gasteiger partial charge in [0.2, 0.25) is 5.89 Å². The van der Waals surface area contributed by atoms with Crippen LogP contribution in [0, 0.1) is 12.7 Å². The van der Waals surface area contributed by atoms with Crippen molar-refractivity contribution in [1.29, 1.82) is 0 Å². The van der Waals surface area contributed by atoms with Crippen molar-refractivity contribution in [1.82, 2.24) is 9.97 Å². The van der Waals surface area contributed by atoms with Crippen molar-refractivity contribution >= 4 is 15.7 Å². The molecule has 4 aromatic rings. The van der Waals surface area contributed by atoms with Crippen LogP contribution in [0.1, 0.15) is 5.56 Å². The highest BCUT2D eigenvalue weighted by Gasteiger charge is 2.19. The third kappa shape index (κ3) is 3.88. The number of pyridine rings is 1. The van der Waals surface area contributed by atoms with Crippen LogP contribution in [-0.2, 0) is 10.0 Å². The second-order valence-electron chi connectivity index (χ2n) is 6.36. The summed E-state index contributed by atoms with van der Waals surface area (Å²) in [4.78, 5) is 7.28. The Morgan fingerprint density at radius 2 is 1.76 bits per heavy atom. The Bertz CT molecular complexity index is 1250. The number of sulfonamides is 1. The zero-order valence-electron chi connectivity index (χ0n) is 15.3. The van der Waals surface area contributed by atoms with E-state index < -0.39 is 20.7 Å². The lowest BCUT2D eigenvalue weighted by molar-refractivity contribution is 0.566. The molecule has 1 N–H and O–H groups in total. The second-order valence-corrected chi connectivity index (χ2v) is 8.01. The molecule has 8 heteroatoms. The summed E-state index contributed by atoms with van der Waals surface area (Å²) in [6, 6.07) is 13.8. The van der Waals surface area contributed by atoms with E-state index in [0.717, 1.165) is 34.5 Å². The van der Waals surface area contributed by atoms with Gasteiger partial charge in [0.05, 0.1) is 12.4 Å². The molecule has 0 bridgehead atoms. The number of rotatable bonds is 5. The molecule has 0 aliphatic rings. The number of anilines is 1. The third-order valence-electron chi connectivity index (χ3n) is 4.39. The fourth-order valence-electron chi connectivity index (χ4n) is 2.94. The van der Waals surface area contributed by atoms with Crippen LogP contribution < -0.4 is 4.72 Å².